The highest BCUT2D eigenvalue weighted by Crippen LogP contribution is 2.48. The third-order valence-electron chi connectivity index (χ3n) is 7.27. The van der Waals surface area contributed by atoms with Crippen molar-refractivity contribution in [3.8, 4) is 16.8 Å². The second-order valence-electron chi connectivity index (χ2n) is 9.56. The van der Waals surface area contributed by atoms with Gasteiger partial charge in [0.1, 0.15) is 5.82 Å². The van der Waals surface area contributed by atoms with E-state index in [2.05, 4.69) is 32.0 Å². The minimum Gasteiger partial charge on any atom is -0.339 e. The van der Waals surface area contributed by atoms with Gasteiger partial charge in [0.15, 0.2) is 11.4 Å². The maximum atomic E-state index is 14.1. The molecule has 1 amide bonds. The molecule has 8 heteroatoms. The van der Waals surface area contributed by atoms with E-state index in [4.69, 9.17) is 10.2 Å². The Labute approximate surface area is 233 Å². The van der Waals surface area contributed by atoms with Gasteiger partial charge in [-0.25, -0.2) is 4.68 Å². The smallest absolute Gasteiger partial charge is 0.262 e. The third kappa shape index (κ3) is 3.59. The Balaban J connectivity index is 1.37. The van der Waals surface area contributed by atoms with E-state index in [1.54, 1.807) is 0 Å². The first-order valence-electron chi connectivity index (χ1n) is 12.6. The summed E-state index contributed by atoms with van der Waals surface area (Å²) in [5, 5.41) is 16.3. The molecule has 4 aromatic carbocycles. The van der Waals surface area contributed by atoms with E-state index in [0.717, 1.165) is 43.8 Å². The van der Waals surface area contributed by atoms with E-state index in [-0.39, 0.29) is 5.91 Å². The number of amides is 1. The molecule has 0 bridgehead atoms. The minimum absolute atomic E-state index is 0.189. The molecule has 0 unspecified atom stereocenters. The summed E-state index contributed by atoms with van der Waals surface area (Å²) in [6.07, 6.45) is 0. The fourth-order valence-electron chi connectivity index (χ4n) is 5.49. The van der Waals surface area contributed by atoms with Crippen LogP contribution in [0, 0.1) is 6.92 Å². The van der Waals surface area contributed by atoms with Crippen molar-refractivity contribution in [3.05, 3.63) is 130 Å². The number of halogens is 1. The monoisotopic (exact) mass is 574 g/mol. The van der Waals surface area contributed by atoms with Gasteiger partial charge in [0.2, 0.25) is 0 Å². The molecule has 1 aromatic heterocycles. The summed E-state index contributed by atoms with van der Waals surface area (Å²) in [4.78, 5) is 14.1. The second-order valence-corrected chi connectivity index (χ2v) is 10.5. The van der Waals surface area contributed by atoms with E-state index in [1.807, 2.05) is 115 Å². The summed E-state index contributed by atoms with van der Waals surface area (Å²) in [6.45, 7) is 1.92. The lowest BCUT2D eigenvalue weighted by molar-refractivity contribution is -0.125. The van der Waals surface area contributed by atoms with Crippen LogP contribution in [0.3, 0.4) is 0 Å². The predicted molar refractivity (Wildman–Crippen MR) is 156 cm³/mol. The number of rotatable bonds is 4. The van der Waals surface area contributed by atoms with E-state index in [9.17, 15) is 4.79 Å². The lowest BCUT2D eigenvalue weighted by Gasteiger charge is -2.34. The van der Waals surface area contributed by atoms with E-state index < -0.39 is 5.54 Å². The highest BCUT2D eigenvalue weighted by atomic mass is 79.9. The molecule has 0 saturated carbocycles. The predicted octanol–water partition coefficient (Wildman–Crippen LogP) is 5.99. The molecule has 0 saturated heterocycles. The number of aryl methyl sites for hydroxylation is 1. The van der Waals surface area contributed by atoms with Crippen LogP contribution >= 0.6 is 15.9 Å². The number of amidine groups is 1. The van der Waals surface area contributed by atoms with Crippen molar-refractivity contribution in [3.63, 3.8) is 0 Å². The number of carbonyl (C=O) groups excluding carboxylic acids is 1. The molecule has 1 aliphatic heterocycles. The average molecular weight is 575 g/mol. The summed E-state index contributed by atoms with van der Waals surface area (Å²) < 4.78 is 2.82. The molecule has 190 valence electrons. The topological polar surface area (TPSA) is 83.3 Å². The fourth-order valence-corrected chi connectivity index (χ4v) is 5.75. The lowest BCUT2D eigenvalue weighted by atomic mass is 9.86. The van der Waals surface area contributed by atoms with Gasteiger partial charge in [-0.2, -0.15) is 10.2 Å². The third-order valence-corrected chi connectivity index (χ3v) is 7.79. The molecule has 3 N–H and O–H groups in total. The van der Waals surface area contributed by atoms with Gasteiger partial charge in [-0.1, -0.05) is 82.7 Å². The van der Waals surface area contributed by atoms with E-state index >= 15 is 0 Å². The van der Waals surface area contributed by atoms with Crippen molar-refractivity contribution in [2.75, 3.05) is 5.32 Å². The number of hydrogen-bond acceptors (Lipinski definition) is 5. The van der Waals surface area contributed by atoms with Crippen LogP contribution in [0.25, 0.3) is 16.8 Å². The number of aromatic nitrogens is 2. The number of hydrazone groups is 1. The molecule has 1 aliphatic carbocycles. The van der Waals surface area contributed by atoms with Crippen LogP contribution in [0.2, 0.25) is 0 Å². The van der Waals surface area contributed by atoms with Gasteiger partial charge in [-0.15, -0.1) is 0 Å². The average Bonchev–Trinajstić information content (AvgIpc) is 3.45. The number of nitrogens with one attached hydrogen (secondary N) is 3. The van der Waals surface area contributed by atoms with Crippen LogP contribution in [-0.2, 0) is 10.3 Å². The zero-order valence-corrected chi connectivity index (χ0v) is 22.5. The van der Waals surface area contributed by atoms with Crippen LogP contribution in [0.4, 0.5) is 11.5 Å². The largest absolute Gasteiger partial charge is 0.339 e. The first-order chi connectivity index (χ1) is 19.1. The Kier molecular flexibility index (Phi) is 5.38. The maximum absolute atomic E-state index is 14.1. The second kappa shape index (κ2) is 8.96. The quantitative estimate of drug-likeness (QED) is 0.246. The van der Waals surface area contributed by atoms with Gasteiger partial charge < -0.3 is 10.6 Å². The summed E-state index contributed by atoms with van der Waals surface area (Å²) in [6, 6.07) is 33.7. The number of anilines is 2. The Morgan fingerprint density at radius 2 is 1.44 bits per heavy atom. The number of para-hydroxylation sites is 1. The summed E-state index contributed by atoms with van der Waals surface area (Å²) in [5.74, 6) is 0.920. The van der Waals surface area contributed by atoms with E-state index in [1.165, 1.54) is 0 Å². The lowest BCUT2D eigenvalue weighted by Crippen LogP contribution is -2.58. The maximum Gasteiger partial charge on any atom is 0.262 e. The molecule has 39 heavy (non-hydrogen) atoms. The molecule has 1 spiro atoms. The Hall–Kier alpha value is -4.69. The van der Waals surface area contributed by atoms with E-state index in [0.29, 0.717) is 17.2 Å². The SMILES string of the molecule is Cc1nn(-c2ccccc2)c(Nc2ccc(Br)cc2)c1C1=NNC2(C(=O)N1)c1ccccc1-c1ccccc12. The molecule has 0 fully saturated rings. The van der Waals surface area contributed by atoms with Crippen LogP contribution < -0.4 is 16.1 Å². The van der Waals surface area contributed by atoms with Crippen molar-refractivity contribution in [2.45, 2.75) is 12.5 Å². The Morgan fingerprint density at radius 1 is 0.821 bits per heavy atom. The van der Waals surface area contributed by atoms with Crippen molar-refractivity contribution in [1.82, 2.24) is 20.5 Å². The standard InChI is InChI=1S/C31H23BrN6O/c1-19-27(29(33-21-17-15-20(32)16-18-21)38(36-19)22-9-3-2-4-10-22)28-34-30(39)31(37-35-28)25-13-7-5-11-23(25)24-12-6-8-14-26(24)31/h2-18,33,37H,1H3,(H,34,35,39). The first-order valence-corrected chi connectivity index (χ1v) is 13.4. The summed E-state index contributed by atoms with van der Waals surface area (Å²) in [5.41, 5.74) is 9.19. The van der Waals surface area contributed by atoms with Crippen LogP contribution in [0.1, 0.15) is 22.4 Å². The highest BCUT2D eigenvalue weighted by Gasteiger charge is 2.51. The molecule has 2 aliphatic rings. The Bertz CT molecular complexity index is 1730. The zero-order chi connectivity index (χ0) is 26.6. The number of carbonyl (C=O) groups is 1. The van der Waals surface area contributed by atoms with Crippen molar-refractivity contribution in [2.24, 2.45) is 5.10 Å². The van der Waals surface area contributed by atoms with Crippen molar-refractivity contribution < 1.29 is 4.79 Å². The van der Waals surface area contributed by atoms with Crippen molar-refractivity contribution >= 4 is 39.2 Å². The molecule has 0 atom stereocenters. The van der Waals surface area contributed by atoms with Gasteiger partial charge in [0.25, 0.3) is 5.91 Å². The molecular formula is C31H23BrN6O. The molecule has 7 rings (SSSR count). The minimum atomic E-state index is -1.11. The summed E-state index contributed by atoms with van der Waals surface area (Å²) >= 11 is 3.50. The number of benzene rings is 4. The molecule has 2 heterocycles. The highest BCUT2D eigenvalue weighted by molar-refractivity contribution is 9.10. The molecule has 5 aromatic rings. The van der Waals surface area contributed by atoms with Gasteiger partial charge in [0.05, 0.1) is 16.9 Å². The van der Waals surface area contributed by atoms with Gasteiger partial charge in [-0.3, -0.25) is 10.2 Å². The van der Waals surface area contributed by atoms with Crippen molar-refractivity contribution in [1.29, 1.82) is 0 Å². The molecule has 0 radical (unpaired) electrons. The molecular weight excluding hydrogens is 552 g/mol. The van der Waals surface area contributed by atoms with Crippen LogP contribution in [0.15, 0.2) is 113 Å². The summed E-state index contributed by atoms with van der Waals surface area (Å²) in [7, 11) is 0. The fraction of sp³-hybridized carbons (Fsp3) is 0.0645. The van der Waals surface area contributed by atoms with Gasteiger partial charge >= 0.3 is 0 Å². The van der Waals surface area contributed by atoms with Crippen LogP contribution in [0.5, 0.6) is 0 Å². The number of hydrogen-bond donors (Lipinski definition) is 3. The Morgan fingerprint density at radius 3 is 2.08 bits per heavy atom. The zero-order valence-electron chi connectivity index (χ0n) is 20.9. The van der Waals surface area contributed by atoms with Crippen LogP contribution in [-0.4, -0.2) is 21.5 Å². The van der Waals surface area contributed by atoms with Gasteiger partial charge in [-0.05, 0) is 54.4 Å². The first kappa shape index (κ1) is 23.4. The number of fused-ring (bicyclic) bond motifs is 5. The molecule has 7 nitrogen and oxygen atoms in total. The van der Waals surface area contributed by atoms with Gasteiger partial charge in [0, 0.05) is 21.3 Å². The normalized spacial score (nSPS) is 14.7. The number of nitrogens with zero attached hydrogens (tertiary/aromatic N) is 3.